The summed E-state index contributed by atoms with van der Waals surface area (Å²) in [5, 5.41) is 3.21. The van der Waals surface area contributed by atoms with E-state index in [1.165, 1.54) is 12.2 Å². The average molecular weight is 327 g/mol. The fourth-order valence-corrected chi connectivity index (χ4v) is 5.44. The number of nitrogens with zero attached hydrogens (tertiary/aromatic N) is 1. The molecule has 0 spiro atoms. The van der Waals surface area contributed by atoms with E-state index in [9.17, 15) is 4.79 Å². The van der Waals surface area contributed by atoms with Crippen LogP contribution >= 0.6 is 11.8 Å². The average Bonchev–Trinajstić information content (AvgIpc) is 3.04. The minimum Gasteiger partial charge on any atom is -0.379 e. The van der Waals surface area contributed by atoms with E-state index in [1.807, 2.05) is 11.8 Å². The number of carbonyl (C=O) groups is 1. The molecule has 1 unspecified atom stereocenters. The number of nitrogens with two attached hydrogens (primary N) is 1. The maximum atomic E-state index is 12.6. The first-order chi connectivity index (χ1) is 10.6. The smallest absolute Gasteiger partial charge is 0.240 e. The monoisotopic (exact) mass is 327 g/mol. The van der Waals surface area contributed by atoms with Crippen LogP contribution in [0.5, 0.6) is 0 Å². The SMILES string of the molecule is NC1(C(=O)NCC2(N3CCOCC3)CCSC2)CCCCC1. The molecule has 1 aliphatic carbocycles. The highest BCUT2D eigenvalue weighted by Crippen LogP contribution is 2.34. The van der Waals surface area contributed by atoms with Gasteiger partial charge in [0.2, 0.25) is 5.91 Å². The van der Waals surface area contributed by atoms with Crippen LogP contribution in [0, 0.1) is 0 Å². The van der Waals surface area contributed by atoms with Crippen molar-refractivity contribution in [1.29, 1.82) is 0 Å². The molecule has 2 saturated heterocycles. The van der Waals surface area contributed by atoms with E-state index >= 15 is 0 Å². The molecule has 126 valence electrons. The van der Waals surface area contributed by atoms with Gasteiger partial charge in [0, 0.05) is 30.9 Å². The quantitative estimate of drug-likeness (QED) is 0.805. The van der Waals surface area contributed by atoms with Crippen LogP contribution in [0.15, 0.2) is 0 Å². The Bertz CT molecular complexity index is 387. The Labute approximate surface area is 137 Å². The lowest BCUT2D eigenvalue weighted by molar-refractivity contribution is -0.128. The summed E-state index contributed by atoms with van der Waals surface area (Å²) < 4.78 is 5.49. The molecular weight excluding hydrogens is 298 g/mol. The van der Waals surface area contributed by atoms with E-state index in [0.29, 0.717) is 0 Å². The third kappa shape index (κ3) is 3.45. The fourth-order valence-electron chi connectivity index (χ4n) is 3.97. The molecule has 0 bridgehead atoms. The maximum Gasteiger partial charge on any atom is 0.240 e. The van der Waals surface area contributed by atoms with Crippen LogP contribution in [-0.4, -0.2) is 66.2 Å². The van der Waals surface area contributed by atoms with Crippen molar-refractivity contribution in [3.05, 3.63) is 0 Å². The minimum atomic E-state index is -0.629. The van der Waals surface area contributed by atoms with Crippen LogP contribution in [0.2, 0.25) is 0 Å². The second-order valence-electron chi connectivity index (χ2n) is 7.03. The molecule has 5 nitrogen and oxygen atoms in total. The Morgan fingerprint density at radius 2 is 1.91 bits per heavy atom. The van der Waals surface area contributed by atoms with Gasteiger partial charge in [-0.1, -0.05) is 19.3 Å². The van der Waals surface area contributed by atoms with Crippen molar-refractivity contribution < 1.29 is 9.53 Å². The first kappa shape index (κ1) is 16.6. The Morgan fingerprint density at radius 3 is 2.55 bits per heavy atom. The second kappa shape index (κ2) is 7.07. The lowest BCUT2D eigenvalue weighted by Gasteiger charge is -2.43. The highest BCUT2D eigenvalue weighted by Gasteiger charge is 2.42. The zero-order chi connectivity index (χ0) is 15.5. The molecule has 1 saturated carbocycles. The Balaban J connectivity index is 1.60. The van der Waals surface area contributed by atoms with Crippen molar-refractivity contribution in [1.82, 2.24) is 10.2 Å². The molecule has 3 N–H and O–H groups in total. The van der Waals surface area contributed by atoms with Gasteiger partial charge in [0.25, 0.3) is 0 Å². The number of rotatable bonds is 4. The predicted molar refractivity (Wildman–Crippen MR) is 90.1 cm³/mol. The first-order valence-electron chi connectivity index (χ1n) is 8.62. The van der Waals surface area contributed by atoms with Gasteiger partial charge in [0.1, 0.15) is 0 Å². The van der Waals surface area contributed by atoms with Crippen LogP contribution < -0.4 is 11.1 Å². The maximum absolute atomic E-state index is 12.6. The second-order valence-corrected chi connectivity index (χ2v) is 8.13. The van der Waals surface area contributed by atoms with E-state index < -0.39 is 5.54 Å². The summed E-state index contributed by atoms with van der Waals surface area (Å²) >= 11 is 2.00. The largest absolute Gasteiger partial charge is 0.379 e. The predicted octanol–water partition coefficient (Wildman–Crippen LogP) is 0.972. The Morgan fingerprint density at radius 1 is 1.18 bits per heavy atom. The lowest BCUT2D eigenvalue weighted by Crippen LogP contribution is -2.62. The van der Waals surface area contributed by atoms with Crippen molar-refractivity contribution >= 4 is 17.7 Å². The molecule has 3 aliphatic rings. The highest BCUT2D eigenvalue weighted by molar-refractivity contribution is 7.99. The van der Waals surface area contributed by atoms with E-state index in [-0.39, 0.29) is 11.4 Å². The van der Waals surface area contributed by atoms with Crippen LogP contribution in [0.4, 0.5) is 0 Å². The van der Waals surface area contributed by atoms with E-state index in [0.717, 1.165) is 70.7 Å². The molecule has 0 aromatic carbocycles. The minimum absolute atomic E-state index is 0.0664. The zero-order valence-corrected chi connectivity index (χ0v) is 14.3. The number of hydrogen-bond acceptors (Lipinski definition) is 5. The number of ether oxygens (including phenoxy) is 1. The van der Waals surface area contributed by atoms with Crippen molar-refractivity contribution in [2.45, 2.75) is 49.6 Å². The molecular formula is C16H29N3O2S. The number of morpholine rings is 1. The summed E-state index contributed by atoms with van der Waals surface area (Å²) in [4.78, 5) is 15.1. The summed E-state index contributed by atoms with van der Waals surface area (Å²) in [6, 6.07) is 0. The van der Waals surface area contributed by atoms with Crippen LogP contribution in [0.25, 0.3) is 0 Å². The molecule has 3 fully saturated rings. The van der Waals surface area contributed by atoms with Gasteiger partial charge in [0.05, 0.1) is 18.8 Å². The molecule has 0 aromatic heterocycles. The van der Waals surface area contributed by atoms with E-state index in [2.05, 4.69) is 10.2 Å². The summed E-state index contributed by atoms with van der Waals surface area (Å²) in [6.07, 6.45) is 6.18. The molecule has 3 rings (SSSR count). The first-order valence-corrected chi connectivity index (χ1v) is 9.78. The number of nitrogens with one attached hydrogen (secondary N) is 1. The zero-order valence-electron chi connectivity index (χ0n) is 13.4. The number of amides is 1. The van der Waals surface area contributed by atoms with Gasteiger partial charge in [-0.3, -0.25) is 9.69 Å². The van der Waals surface area contributed by atoms with Gasteiger partial charge in [-0.15, -0.1) is 0 Å². The molecule has 0 aromatic rings. The molecule has 1 amide bonds. The fraction of sp³-hybridized carbons (Fsp3) is 0.938. The van der Waals surface area contributed by atoms with E-state index in [1.54, 1.807) is 0 Å². The standard InChI is InChI=1S/C16H29N3O2S/c17-16(4-2-1-3-5-16)14(20)18-12-15(6-11-22-13-15)19-7-9-21-10-8-19/h1-13,17H2,(H,18,20). The topological polar surface area (TPSA) is 67.6 Å². The Hall–Kier alpha value is -0.300. The lowest BCUT2D eigenvalue weighted by atomic mass is 9.81. The van der Waals surface area contributed by atoms with Crippen LogP contribution in [0.3, 0.4) is 0 Å². The molecule has 1 atom stereocenters. The molecule has 0 radical (unpaired) electrons. The summed E-state index contributed by atoms with van der Waals surface area (Å²) in [5.74, 6) is 2.35. The number of thioether (sulfide) groups is 1. The summed E-state index contributed by atoms with van der Waals surface area (Å²) in [7, 11) is 0. The molecule has 22 heavy (non-hydrogen) atoms. The number of hydrogen-bond donors (Lipinski definition) is 2. The van der Waals surface area contributed by atoms with Crippen molar-refractivity contribution in [2.24, 2.45) is 5.73 Å². The normalized spacial score (nSPS) is 32.8. The summed E-state index contributed by atoms with van der Waals surface area (Å²) in [5.41, 5.74) is 5.84. The van der Waals surface area contributed by atoms with Crippen molar-refractivity contribution in [3.63, 3.8) is 0 Å². The van der Waals surface area contributed by atoms with Crippen LogP contribution in [-0.2, 0) is 9.53 Å². The van der Waals surface area contributed by atoms with Gasteiger partial charge >= 0.3 is 0 Å². The van der Waals surface area contributed by atoms with Crippen LogP contribution in [0.1, 0.15) is 38.5 Å². The van der Waals surface area contributed by atoms with Gasteiger partial charge in [-0.25, -0.2) is 0 Å². The molecule has 2 heterocycles. The third-order valence-electron chi connectivity index (χ3n) is 5.54. The molecule has 2 aliphatic heterocycles. The highest BCUT2D eigenvalue weighted by atomic mass is 32.2. The van der Waals surface area contributed by atoms with Gasteiger partial charge in [0.15, 0.2) is 0 Å². The Kier molecular flexibility index (Phi) is 5.32. The molecule has 6 heteroatoms. The van der Waals surface area contributed by atoms with Gasteiger partial charge in [-0.05, 0) is 25.0 Å². The van der Waals surface area contributed by atoms with Gasteiger partial charge in [-0.2, -0.15) is 11.8 Å². The van der Waals surface area contributed by atoms with Crippen molar-refractivity contribution in [3.8, 4) is 0 Å². The summed E-state index contributed by atoms with van der Waals surface area (Å²) in [6.45, 7) is 4.30. The van der Waals surface area contributed by atoms with Crippen molar-refractivity contribution in [2.75, 3.05) is 44.4 Å². The third-order valence-corrected chi connectivity index (χ3v) is 6.77. The van der Waals surface area contributed by atoms with Gasteiger partial charge < -0.3 is 15.8 Å². The van der Waals surface area contributed by atoms with E-state index in [4.69, 9.17) is 10.5 Å². The number of carbonyl (C=O) groups excluding carboxylic acids is 1.